The molecule has 1 aliphatic rings. The van der Waals surface area contributed by atoms with Gasteiger partial charge in [-0.2, -0.15) is 5.26 Å². The van der Waals surface area contributed by atoms with Crippen molar-refractivity contribution in [2.24, 2.45) is 10.7 Å². The molecule has 2 heterocycles. The zero-order valence-corrected chi connectivity index (χ0v) is 16.3. The maximum Gasteiger partial charge on any atom is 0.299 e. The predicted octanol–water partition coefficient (Wildman–Crippen LogP) is 3.24. The van der Waals surface area contributed by atoms with Gasteiger partial charge >= 0.3 is 0 Å². The Kier molecular flexibility index (Phi) is 5.70. The number of halogens is 4. The van der Waals surface area contributed by atoms with Crippen molar-refractivity contribution < 1.29 is 22.7 Å². The summed E-state index contributed by atoms with van der Waals surface area (Å²) in [6, 6.07) is 6.25. The first-order valence-corrected chi connectivity index (χ1v) is 8.92. The van der Waals surface area contributed by atoms with Gasteiger partial charge in [0.15, 0.2) is 5.54 Å². The third-order valence-corrected chi connectivity index (χ3v) is 4.83. The summed E-state index contributed by atoms with van der Waals surface area (Å²) < 4.78 is 48.8. The van der Waals surface area contributed by atoms with Gasteiger partial charge in [0.25, 0.3) is 11.8 Å². The van der Waals surface area contributed by atoms with E-state index in [0.717, 1.165) is 25.3 Å². The van der Waals surface area contributed by atoms with Crippen molar-refractivity contribution in [3.05, 3.63) is 58.1 Å². The molecule has 0 unspecified atom stereocenters. The van der Waals surface area contributed by atoms with Gasteiger partial charge in [-0.3, -0.25) is 9.79 Å². The summed E-state index contributed by atoms with van der Waals surface area (Å²) in [7, 11) is 0. The zero-order valence-electron chi connectivity index (χ0n) is 15.5. The number of carbonyl (C=O) groups excluding carboxylic acids is 1. The van der Waals surface area contributed by atoms with Crippen LogP contribution >= 0.6 is 11.6 Å². The molecule has 30 heavy (non-hydrogen) atoms. The molecule has 1 aliphatic heterocycles. The van der Waals surface area contributed by atoms with Crippen molar-refractivity contribution in [1.29, 1.82) is 5.26 Å². The lowest BCUT2D eigenvalue weighted by Gasteiger charge is -2.33. The summed E-state index contributed by atoms with van der Waals surface area (Å²) in [5.74, 6) is -5.51. The van der Waals surface area contributed by atoms with Crippen LogP contribution in [0.3, 0.4) is 0 Å². The minimum atomic E-state index is -3.57. The number of hydrogen-bond acceptors (Lipinski definition) is 6. The van der Waals surface area contributed by atoms with Crippen LogP contribution in [-0.2, 0) is 10.3 Å². The summed E-state index contributed by atoms with van der Waals surface area (Å²) in [6.45, 7) is -0.280. The molecule has 1 amide bonds. The van der Waals surface area contributed by atoms with Crippen LogP contribution in [0.15, 0.2) is 35.5 Å². The molecule has 0 bridgehead atoms. The SMILES string of the molecule is C[C@]1(c2cc(NC(=O)c3ncc(C#N)cc3Cl)ccc2F)N=C(N)COCC1(F)F. The fourth-order valence-electron chi connectivity index (χ4n) is 2.92. The molecule has 156 valence electrons. The molecular weight excluding hydrogens is 423 g/mol. The zero-order chi connectivity index (χ0) is 22.1. The van der Waals surface area contributed by atoms with Crippen molar-refractivity contribution >= 4 is 29.0 Å². The monoisotopic (exact) mass is 437 g/mol. The third kappa shape index (κ3) is 3.94. The van der Waals surface area contributed by atoms with Gasteiger partial charge in [-0.05, 0) is 31.2 Å². The molecule has 3 rings (SSSR count). The maximum atomic E-state index is 14.7. The van der Waals surface area contributed by atoms with Gasteiger partial charge in [-0.15, -0.1) is 0 Å². The fraction of sp³-hybridized carbons (Fsp3) is 0.263. The molecule has 1 aromatic carbocycles. The maximum absolute atomic E-state index is 14.7. The Balaban J connectivity index is 1.99. The molecule has 0 aliphatic carbocycles. The van der Waals surface area contributed by atoms with Crippen molar-refractivity contribution in [2.75, 3.05) is 18.5 Å². The van der Waals surface area contributed by atoms with Gasteiger partial charge in [0.1, 0.15) is 36.6 Å². The number of nitrogens with zero attached hydrogens (tertiary/aromatic N) is 3. The first-order valence-electron chi connectivity index (χ1n) is 8.54. The number of ether oxygens (including phenoxy) is 1. The second kappa shape index (κ2) is 7.93. The number of aliphatic imine (C=N–C) groups is 1. The van der Waals surface area contributed by atoms with Gasteiger partial charge in [-0.1, -0.05) is 11.6 Å². The van der Waals surface area contributed by atoms with Gasteiger partial charge in [0, 0.05) is 17.4 Å². The molecular formula is C19H15ClF3N5O2. The molecule has 0 spiro atoms. The van der Waals surface area contributed by atoms with Crippen molar-refractivity contribution in [3.63, 3.8) is 0 Å². The lowest BCUT2D eigenvalue weighted by Crippen LogP contribution is -2.45. The van der Waals surface area contributed by atoms with Crippen LogP contribution in [0.1, 0.15) is 28.5 Å². The summed E-state index contributed by atoms with van der Waals surface area (Å²) in [5, 5.41) is 11.2. The highest BCUT2D eigenvalue weighted by Crippen LogP contribution is 2.44. The van der Waals surface area contributed by atoms with Crippen LogP contribution in [0.4, 0.5) is 18.9 Å². The van der Waals surface area contributed by atoms with E-state index in [4.69, 9.17) is 27.3 Å². The minimum Gasteiger partial charge on any atom is -0.385 e. The molecule has 11 heteroatoms. The molecule has 0 fully saturated rings. The number of rotatable bonds is 3. The smallest absolute Gasteiger partial charge is 0.299 e. The number of nitrogens with one attached hydrogen (secondary N) is 1. The topological polar surface area (TPSA) is 113 Å². The van der Waals surface area contributed by atoms with E-state index in [0.29, 0.717) is 0 Å². The number of anilines is 1. The quantitative estimate of drug-likeness (QED) is 0.765. The van der Waals surface area contributed by atoms with Crippen LogP contribution in [0.25, 0.3) is 0 Å². The number of amidine groups is 1. The number of aromatic nitrogens is 1. The lowest BCUT2D eigenvalue weighted by atomic mass is 9.85. The standard InChI is InChI=1S/C19H15ClF3N5O2/c1-18(19(22,23)9-30-8-15(25)28-18)12-5-11(2-3-14(12)21)27-17(29)16-13(20)4-10(6-24)7-26-16/h2-5,7H,8-9H2,1H3,(H2,25,28)(H,27,29)/t18-/m1/s1. The van der Waals surface area contributed by atoms with E-state index in [9.17, 15) is 18.0 Å². The molecule has 3 N–H and O–H groups in total. The van der Waals surface area contributed by atoms with Crippen molar-refractivity contribution in [1.82, 2.24) is 4.98 Å². The largest absolute Gasteiger partial charge is 0.385 e. The van der Waals surface area contributed by atoms with Gasteiger partial charge in [0.05, 0.1) is 10.6 Å². The highest BCUT2D eigenvalue weighted by molar-refractivity contribution is 6.34. The fourth-order valence-corrected chi connectivity index (χ4v) is 3.17. The average Bonchev–Trinajstić information content (AvgIpc) is 2.78. The van der Waals surface area contributed by atoms with Gasteiger partial charge < -0.3 is 15.8 Å². The van der Waals surface area contributed by atoms with Crippen LogP contribution < -0.4 is 11.1 Å². The van der Waals surface area contributed by atoms with E-state index in [-0.39, 0.29) is 34.4 Å². The second-order valence-electron chi connectivity index (χ2n) is 6.69. The molecule has 7 nitrogen and oxygen atoms in total. The van der Waals surface area contributed by atoms with Crippen LogP contribution in [0, 0.1) is 17.1 Å². The van der Waals surface area contributed by atoms with E-state index in [1.165, 1.54) is 12.1 Å². The van der Waals surface area contributed by atoms with Crippen LogP contribution in [-0.4, -0.2) is 35.9 Å². The van der Waals surface area contributed by atoms with Gasteiger partial charge in [-0.25, -0.2) is 18.2 Å². The average molecular weight is 438 g/mol. The molecule has 1 atom stereocenters. The Morgan fingerprint density at radius 2 is 2.13 bits per heavy atom. The second-order valence-corrected chi connectivity index (χ2v) is 7.09. The predicted molar refractivity (Wildman–Crippen MR) is 103 cm³/mol. The van der Waals surface area contributed by atoms with E-state index in [2.05, 4.69) is 15.3 Å². The normalized spacial score (nSPS) is 20.6. The highest BCUT2D eigenvalue weighted by Gasteiger charge is 2.54. The number of nitrogens with two attached hydrogens (primary N) is 1. The van der Waals surface area contributed by atoms with Crippen LogP contribution in [0.2, 0.25) is 5.02 Å². The van der Waals surface area contributed by atoms with Crippen LogP contribution in [0.5, 0.6) is 0 Å². The Morgan fingerprint density at radius 3 is 2.80 bits per heavy atom. The van der Waals surface area contributed by atoms with Crippen molar-refractivity contribution in [3.8, 4) is 6.07 Å². The Labute approximate surface area is 174 Å². The summed E-state index contributed by atoms with van der Waals surface area (Å²) >= 11 is 5.96. The Morgan fingerprint density at radius 1 is 1.40 bits per heavy atom. The number of amides is 1. The van der Waals surface area contributed by atoms with Gasteiger partial charge in [0.2, 0.25) is 0 Å². The Hall–Kier alpha value is -3.16. The molecule has 0 radical (unpaired) electrons. The van der Waals surface area contributed by atoms with E-state index < -0.39 is 35.4 Å². The Bertz CT molecular complexity index is 1090. The number of nitriles is 1. The first kappa shape index (κ1) is 21.5. The number of pyridine rings is 1. The van der Waals surface area contributed by atoms with Crippen molar-refractivity contribution in [2.45, 2.75) is 18.4 Å². The van der Waals surface area contributed by atoms with E-state index >= 15 is 0 Å². The molecule has 1 aromatic heterocycles. The number of alkyl halides is 2. The highest BCUT2D eigenvalue weighted by atomic mass is 35.5. The number of benzene rings is 1. The van der Waals surface area contributed by atoms with E-state index in [1.54, 1.807) is 0 Å². The summed E-state index contributed by atoms with van der Waals surface area (Å²) in [4.78, 5) is 20.1. The molecule has 0 saturated carbocycles. The molecule has 2 aromatic rings. The first-order chi connectivity index (χ1) is 14.1. The lowest BCUT2D eigenvalue weighted by molar-refractivity contribution is -0.116. The minimum absolute atomic E-state index is 0.00888. The number of carbonyl (C=O) groups is 1. The number of hydrogen-bond donors (Lipinski definition) is 2. The molecule has 0 saturated heterocycles. The van der Waals surface area contributed by atoms with E-state index in [1.807, 2.05) is 6.07 Å². The summed E-state index contributed by atoms with van der Waals surface area (Å²) in [6.07, 6.45) is 1.15. The third-order valence-electron chi connectivity index (χ3n) is 4.55. The summed E-state index contributed by atoms with van der Waals surface area (Å²) in [5.41, 5.74) is 2.75.